The Kier molecular flexibility index (Phi) is 9.29. The number of amides is 1. The van der Waals surface area contributed by atoms with Gasteiger partial charge in [0, 0.05) is 41.0 Å². The molecule has 3 aromatic rings. The van der Waals surface area contributed by atoms with E-state index in [2.05, 4.69) is 15.0 Å². The number of aromatic nitrogens is 2. The molecule has 0 atom stereocenters. The molecule has 3 N–H and O–H groups in total. The summed E-state index contributed by atoms with van der Waals surface area (Å²) in [4.78, 5) is 21.9. The number of pyridine rings is 1. The van der Waals surface area contributed by atoms with E-state index in [9.17, 15) is 18.3 Å². The number of rotatable bonds is 8. The third-order valence-electron chi connectivity index (χ3n) is 6.56. The molecule has 1 amide bonds. The summed E-state index contributed by atoms with van der Waals surface area (Å²) in [5.41, 5.74) is 1.94. The summed E-state index contributed by atoms with van der Waals surface area (Å²) in [5, 5.41) is 13.2. The van der Waals surface area contributed by atoms with Crippen LogP contribution in [0.1, 0.15) is 76.9 Å². The normalized spacial score (nSPS) is 18.1. The van der Waals surface area contributed by atoms with E-state index in [0.29, 0.717) is 16.8 Å². The van der Waals surface area contributed by atoms with Crippen molar-refractivity contribution in [1.29, 1.82) is 0 Å². The topological polar surface area (TPSA) is 131 Å². The van der Waals surface area contributed by atoms with E-state index in [1.165, 1.54) is 11.3 Å². The number of hydrogen-bond acceptors (Lipinski definition) is 8. The number of aliphatic hydroxyl groups excluding tert-OH is 1. The number of thiazole rings is 1. The van der Waals surface area contributed by atoms with E-state index < -0.39 is 15.6 Å². The predicted molar refractivity (Wildman–Crippen MR) is 157 cm³/mol. The first kappa shape index (κ1) is 30.1. The average Bonchev–Trinajstić information content (AvgIpc) is 3.37. The highest BCUT2D eigenvalue weighted by atomic mass is 32.2. The van der Waals surface area contributed by atoms with Crippen LogP contribution in [0.15, 0.2) is 47.6 Å². The highest BCUT2D eigenvalue weighted by molar-refractivity contribution is 7.89. The molecule has 11 heteroatoms. The fraction of sp³-hybridized carbons (Fsp3) is 0.483. The van der Waals surface area contributed by atoms with Gasteiger partial charge >= 0.3 is 6.09 Å². The Labute approximate surface area is 240 Å². The molecule has 4 rings (SSSR count). The molecule has 0 spiro atoms. The molecule has 2 aromatic heterocycles. The number of sulfonamides is 1. The third kappa shape index (κ3) is 7.66. The van der Waals surface area contributed by atoms with Gasteiger partial charge in [0.05, 0.1) is 33.2 Å². The van der Waals surface area contributed by atoms with Gasteiger partial charge in [0.25, 0.3) is 0 Å². The fourth-order valence-electron chi connectivity index (χ4n) is 4.77. The third-order valence-corrected chi connectivity index (χ3v) is 9.55. The molecule has 1 aliphatic carbocycles. The maximum atomic E-state index is 13.6. The number of alkyl carbamates (subject to hydrolysis) is 1. The second-order valence-corrected chi connectivity index (χ2v) is 14.2. The van der Waals surface area contributed by atoms with Crippen molar-refractivity contribution in [2.45, 2.75) is 95.4 Å². The van der Waals surface area contributed by atoms with Crippen molar-refractivity contribution in [2.24, 2.45) is 0 Å². The molecule has 0 radical (unpaired) electrons. The van der Waals surface area contributed by atoms with Crippen molar-refractivity contribution >= 4 is 27.5 Å². The van der Waals surface area contributed by atoms with E-state index in [0.717, 1.165) is 41.1 Å². The SMILES string of the molecule is CC(C)OC(=O)N[C@H]1CC[C@H](c2ncc(-c3ccc(-c4ccc(CO)nc4)cc3S(=O)(=O)NC(C)(C)C)s2)CC1. The minimum atomic E-state index is -3.87. The van der Waals surface area contributed by atoms with Crippen LogP contribution in [0.3, 0.4) is 0 Å². The zero-order valence-electron chi connectivity index (χ0n) is 23.6. The largest absolute Gasteiger partial charge is 0.447 e. The van der Waals surface area contributed by atoms with Gasteiger partial charge in [-0.2, -0.15) is 0 Å². The Balaban J connectivity index is 1.59. The molecule has 0 aliphatic heterocycles. The van der Waals surface area contributed by atoms with Gasteiger partial charge in [-0.25, -0.2) is 22.9 Å². The van der Waals surface area contributed by atoms with Gasteiger partial charge in [-0.1, -0.05) is 18.2 Å². The van der Waals surface area contributed by atoms with E-state index in [1.807, 2.05) is 52.8 Å². The molecule has 0 unspecified atom stereocenters. The number of aliphatic hydroxyl groups is 1. The first-order chi connectivity index (χ1) is 18.8. The first-order valence-corrected chi connectivity index (χ1v) is 15.8. The summed E-state index contributed by atoms with van der Waals surface area (Å²) in [5.74, 6) is 0.251. The Morgan fingerprint density at radius 1 is 1.07 bits per heavy atom. The molecule has 0 saturated heterocycles. The highest BCUT2D eigenvalue weighted by Crippen LogP contribution is 2.40. The van der Waals surface area contributed by atoms with Crippen LogP contribution >= 0.6 is 11.3 Å². The molecule has 40 heavy (non-hydrogen) atoms. The lowest BCUT2D eigenvalue weighted by Crippen LogP contribution is -2.40. The zero-order valence-corrected chi connectivity index (χ0v) is 25.2. The molecule has 2 heterocycles. The predicted octanol–water partition coefficient (Wildman–Crippen LogP) is 5.60. The number of ether oxygens (including phenoxy) is 1. The van der Waals surface area contributed by atoms with Gasteiger partial charge in [0.1, 0.15) is 0 Å². The Hall–Kier alpha value is -2.86. The summed E-state index contributed by atoms with van der Waals surface area (Å²) in [6, 6.07) is 9.00. The summed E-state index contributed by atoms with van der Waals surface area (Å²) in [7, 11) is -3.87. The summed E-state index contributed by atoms with van der Waals surface area (Å²) in [6.45, 7) is 8.92. The molecule has 1 aromatic carbocycles. The molecule has 0 bridgehead atoms. The lowest BCUT2D eigenvalue weighted by molar-refractivity contribution is 0.109. The standard InChI is InChI=1S/C29H38N4O5S2/c1-18(2)38-28(35)32-22-10-6-19(7-11-22)27-31-16-25(39-27)24-13-9-20(21-8-12-23(17-34)30-15-21)14-26(24)40(36,37)33-29(3,4)5/h8-9,12-16,18-19,22,33-34H,6-7,10-11,17H2,1-5H3,(H,32,35)/t19-,22-. The number of benzene rings is 1. The number of carbonyl (C=O) groups is 1. The monoisotopic (exact) mass is 586 g/mol. The minimum absolute atomic E-state index is 0.0793. The molecule has 216 valence electrons. The van der Waals surface area contributed by atoms with Gasteiger partial charge in [0.15, 0.2) is 0 Å². The molecular formula is C29H38N4O5S2. The van der Waals surface area contributed by atoms with E-state index >= 15 is 0 Å². The van der Waals surface area contributed by atoms with E-state index in [4.69, 9.17) is 9.72 Å². The van der Waals surface area contributed by atoms with Crippen LogP contribution in [0, 0.1) is 0 Å². The van der Waals surface area contributed by atoms with E-state index in [-0.39, 0.29) is 35.7 Å². The molecule has 1 aliphatic rings. The average molecular weight is 587 g/mol. The summed E-state index contributed by atoms with van der Waals surface area (Å²) < 4.78 is 35.2. The van der Waals surface area contributed by atoms with Crippen molar-refractivity contribution in [1.82, 2.24) is 20.0 Å². The second kappa shape index (κ2) is 12.3. The molecule has 1 fully saturated rings. The van der Waals surface area contributed by atoms with Crippen molar-refractivity contribution in [3.05, 3.63) is 53.4 Å². The van der Waals surface area contributed by atoms with Crippen molar-refractivity contribution in [3.8, 4) is 21.6 Å². The highest BCUT2D eigenvalue weighted by Gasteiger charge is 2.29. The van der Waals surface area contributed by atoms with Crippen LogP contribution in [0.5, 0.6) is 0 Å². The lowest BCUT2D eigenvalue weighted by Gasteiger charge is -2.28. The zero-order chi connectivity index (χ0) is 29.1. The first-order valence-electron chi connectivity index (χ1n) is 13.5. The van der Waals surface area contributed by atoms with Crippen LogP contribution in [0.25, 0.3) is 21.6 Å². The summed E-state index contributed by atoms with van der Waals surface area (Å²) in [6.07, 6.45) is 6.28. The molecule has 9 nitrogen and oxygen atoms in total. The smallest absolute Gasteiger partial charge is 0.407 e. The second-order valence-electron chi connectivity index (χ2n) is 11.5. The fourth-order valence-corrected chi connectivity index (χ4v) is 7.63. The van der Waals surface area contributed by atoms with Crippen LogP contribution in [-0.2, 0) is 21.4 Å². The van der Waals surface area contributed by atoms with Crippen LogP contribution in [0.2, 0.25) is 0 Å². The van der Waals surface area contributed by atoms with Crippen molar-refractivity contribution < 1.29 is 23.1 Å². The van der Waals surface area contributed by atoms with Gasteiger partial charge in [-0.3, -0.25) is 4.98 Å². The van der Waals surface area contributed by atoms with Crippen molar-refractivity contribution in [3.63, 3.8) is 0 Å². The van der Waals surface area contributed by atoms with Gasteiger partial charge < -0.3 is 15.2 Å². The minimum Gasteiger partial charge on any atom is -0.447 e. The van der Waals surface area contributed by atoms with Gasteiger partial charge in [-0.15, -0.1) is 11.3 Å². The van der Waals surface area contributed by atoms with Crippen LogP contribution in [0.4, 0.5) is 4.79 Å². The summed E-state index contributed by atoms with van der Waals surface area (Å²) >= 11 is 1.52. The van der Waals surface area contributed by atoms with Crippen molar-refractivity contribution in [2.75, 3.05) is 0 Å². The number of nitrogens with zero attached hydrogens (tertiary/aromatic N) is 2. The Morgan fingerprint density at radius 3 is 2.38 bits per heavy atom. The maximum Gasteiger partial charge on any atom is 0.407 e. The molecule has 1 saturated carbocycles. The quantitative estimate of drug-likeness (QED) is 0.313. The lowest BCUT2D eigenvalue weighted by atomic mass is 9.86. The Bertz CT molecular complexity index is 1420. The maximum absolute atomic E-state index is 13.6. The van der Waals surface area contributed by atoms with Crippen LogP contribution in [-0.4, -0.2) is 47.3 Å². The molecular weight excluding hydrogens is 548 g/mol. The van der Waals surface area contributed by atoms with Crippen LogP contribution < -0.4 is 10.0 Å². The van der Waals surface area contributed by atoms with Gasteiger partial charge in [0.2, 0.25) is 10.0 Å². The Morgan fingerprint density at radius 2 is 1.77 bits per heavy atom. The number of carbonyl (C=O) groups excluding carboxylic acids is 1. The van der Waals surface area contributed by atoms with Gasteiger partial charge in [-0.05, 0) is 78.0 Å². The van der Waals surface area contributed by atoms with E-state index in [1.54, 1.807) is 24.5 Å². The number of nitrogens with one attached hydrogen (secondary N) is 2. The number of hydrogen-bond donors (Lipinski definition) is 3.